The van der Waals surface area contributed by atoms with Crippen LogP contribution in [0.4, 0.5) is 0 Å². The van der Waals surface area contributed by atoms with E-state index >= 15 is 0 Å². The smallest absolute Gasteiger partial charge is 0.225 e. The fourth-order valence-corrected chi connectivity index (χ4v) is 4.01. The molecule has 1 saturated carbocycles. The molecule has 2 fully saturated rings. The van der Waals surface area contributed by atoms with Crippen LogP contribution in [0.15, 0.2) is 30.9 Å². The summed E-state index contributed by atoms with van der Waals surface area (Å²) in [4.78, 5) is 21.5. The second-order valence-corrected chi connectivity index (χ2v) is 7.60. The number of fused-ring (bicyclic) bond motifs is 1. The lowest BCUT2D eigenvalue weighted by atomic mass is 9.86. The molecule has 3 aromatic rings. The van der Waals surface area contributed by atoms with E-state index in [9.17, 15) is 15.3 Å². The van der Waals surface area contributed by atoms with Gasteiger partial charge in [-0.2, -0.15) is 15.6 Å². The minimum atomic E-state index is -0.505. The summed E-state index contributed by atoms with van der Waals surface area (Å²) in [6, 6.07) is 6.33. The molecule has 28 heavy (non-hydrogen) atoms. The lowest BCUT2D eigenvalue weighted by Gasteiger charge is -2.49. The van der Waals surface area contributed by atoms with E-state index in [0.717, 1.165) is 29.4 Å². The molecule has 0 aromatic carbocycles. The van der Waals surface area contributed by atoms with Crippen LogP contribution in [0.3, 0.4) is 0 Å². The second-order valence-electron chi connectivity index (χ2n) is 7.60. The van der Waals surface area contributed by atoms with Gasteiger partial charge in [0.1, 0.15) is 17.3 Å². The fraction of sp³-hybridized carbons (Fsp3) is 0.350. The maximum absolute atomic E-state index is 12.3. The van der Waals surface area contributed by atoms with Crippen molar-refractivity contribution in [3.05, 3.63) is 36.4 Å². The summed E-state index contributed by atoms with van der Waals surface area (Å²) in [5, 5.41) is 24.2. The van der Waals surface area contributed by atoms with Gasteiger partial charge in [-0.05, 0) is 18.9 Å². The van der Waals surface area contributed by atoms with Crippen molar-refractivity contribution in [3.8, 4) is 23.3 Å². The molecule has 3 aromatic heterocycles. The highest BCUT2D eigenvalue weighted by Gasteiger charge is 2.50. The van der Waals surface area contributed by atoms with Crippen LogP contribution in [0.1, 0.15) is 24.8 Å². The van der Waals surface area contributed by atoms with Crippen molar-refractivity contribution in [2.45, 2.75) is 24.8 Å². The number of pyridine rings is 1. The van der Waals surface area contributed by atoms with E-state index in [-0.39, 0.29) is 18.2 Å². The van der Waals surface area contributed by atoms with Gasteiger partial charge in [0, 0.05) is 54.1 Å². The van der Waals surface area contributed by atoms with E-state index in [1.54, 1.807) is 23.3 Å². The molecular formula is C20H17N7O. The molecule has 1 aliphatic carbocycles. The molecule has 0 atom stereocenters. The molecule has 1 aliphatic heterocycles. The summed E-state index contributed by atoms with van der Waals surface area (Å²) in [7, 11) is 0. The Balaban J connectivity index is 1.51. The van der Waals surface area contributed by atoms with Crippen LogP contribution in [0, 0.1) is 28.6 Å². The van der Waals surface area contributed by atoms with Gasteiger partial charge in [0.2, 0.25) is 5.91 Å². The Bertz CT molecular complexity index is 1170. The summed E-state index contributed by atoms with van der Waals surface area (Å²) in [6.45, 7) is 0.996. The van der Waals surface area contributed by atoms with Crippen LogP contribution in [0.25, 0.3) is 22.2 Å². The van der Waals surface area contributed by atoms with Crippen LogP contribution in [0.5, 0.6) is 0 Å². The zero-order chi connectivity index (χ0) is 19.3. The van der Waals surface area contributed by atoms with Gasteiger partial charge in [-0.1, -0.05) is 0 Å². The van der Waals surface area contributed by atoms with Crippen molar-refractivity contribution in [2.24, 2.45) is 5.92 Å². The highest BCUT2D eigenvalue weighted by atomic mass is 16.2. The zero-order valence-electron chi connectivity index (χ0n) is 15.1. The number of carbonyl (C=O) groups is 1. The number of aromatic amines is 1. The van der Waals surface area contributed by atoms with E-state index in [4.69, 9.17) is 0 Å². The molecule has 2 aliphatic rings. The molecule has 138 valence electrons. The van der Waals surface area contributed by atoms with Crippen LogP contribution in [-0.2, 0) is 10.3 Å². The second kappa shape index (κ2) is 5.93. The normalized spacial score (nSPS) is 17.7. The van der Waals surface area contributed by atoms with Crippen LogP contribution >= 0.6 is 0 Å². The summed E-state index contributed by atoms with van der Waals surface area (Å²) in [6.07, 6.45) is 9.15. The number of aromatic nitrogens is 4. The average Bonchev–Trinajstić information content (AvgIpc) is 3.22. The number of likely N-dealkylation sites (tertiary alicyclic amines) is 1. The van der Waals surface area contributed by atoms with Gasteiger partial charge in [-0.25, -0.2) is 4.98 Å². The average molecular weight is 371 g/mol. The monoisotopic (exact) mass is 371 g/mol. The largest absolute Gasteiger partial charge is 0.346 e. The molecule has 8 heteroatoms. The standard InChI is InChI=1S/C20H17N7O/c21-5-4-20(11-26(12-20)19(28)13-1-2-13)27-10-15(9-25-27)17-14(7-22)8-24-18-16(17)3-6-23-18/h3,6,8-10,13H,1-2,4,11-12H2,(H,23,24). The van der Waals surface area contributed by atoms with Crippen molar-refractivity contribution in [2.75, 3.05) is 13.1 Å². The Morgan fingerprint density at radius 1 is 1.32 bits per heavy atom. The van der Waals surface area contributed by atoms with Crippen LogP contribution < -0.4 is 0 Å². The number of nitrogens with one attached hydrogen (secondary N) is 1. The maximum atomic E-state index is 12.3. The van der Waals surface area contributed by atoms with Crippen molar-refractivity contribution in [3.63, 3.8) is 0 Å². The summed E-state index contributed by atoms with van der Waals surface area (Å²) < 4.78 is 1.79. The van der Waals surface area contributed by atoms with Crippen molar-refractivity contribution in [1.82, 2.24) is 24.6 Å². The first-order chi connectivity index (χ1) is 13.6. The van der Waals surface area contributed by atoms with Crippen molar-refractivity contribution in [1.29, 1.82) is 10.5 Å². The highest BCUT2D eigenvalue weighted by Crippen LogP contribution is 2.39. The number of rotatable bonds is 4. The Labute approximate surface area is 161 Å². The van der Waals surface area contributed by atoms with Gasteiger partial charge in [0.15, 0.2) is 0 Å². The molecule has 5 rings (SSSR count). The molecule has 1 saturated heterocycles. The number of amides is 1. The van der Waals surface area contributed by atoms with Gasteiger partial charge >= 0.3 is 0 Å². The molecule has 0 spiro atoms. The number of hydrogen-bond acceptors (Lipinski definition) is 5. The zero-order valence-corrected chi connectivity index (χ0v) is 15.1. The Morgan fingerprint density at radius 3 is 2.86 bits per heavy atom. The van der Waals surface area contributed by atoms with Gasteiger partial charge in [0.25, 0.3) is 0 Å². The summed E-state index contributed by atoms with van der Waals surface area (Å²) in [5.41, 5.74) is 2.25. The third-order valence-electron chi connectivity index (χ3n) is 5.68. The molecule has 8 nitrogen and oxygen atoms in total. The Hall–Kier alpha value is -3.65. The predicted octanol–water partition coefficient (Wildman–Crippen LogP) is 2.16. The van der Waals surface area contributed by atoms with E-state index in [2.05, 4.69) is 27.2 Å². The van der Waals surface area contributed by atoms with Gasteiger partial charge < -0.3 is 9.88 Å². The SMILES string of the molecule is N#CCC1(n2cc(-c3c(C#N)cnc4[nH]ccc34)cn2)CN(C(=O)C2CC2)C1. The Morgan fingerprint density at radius 2 is 2.14 bits per heavy atom. The van der Waals surface area contributed by atoms with E-state index in [1.165, 1.54) is 0 Å². The lowest BCUT2D eigenvalue weighted by Crippen LogP contribution is -2.64. The topological polar surface area (TPSA) is 114 Å². The van der Waals surface area contributed by atoms with Crippen molar-refractivity contribution >= 4 is 16.9 Å². The summed E-state index contributed by atoms with van der Waals surface area (Å²) >= 11 is 0. The van der Waals surface area contributed by atoms with E-state index in [0.29, 0.717) is 24.3 Å². The molecular weight excluding hydrogens is 354 g/mol. The molecule has 0 radical (unpaired) electrons. The number of carbonyl (C=O) groups excluding carboxylic acids is 1. The molecule has 1 N–H and O–H groups in total. The third kappa shape index (κ3) is 2.39. The number of H-pyrrole nitrogens is 1. The quantitative estimate of drug-likeness (QED) is 0.755. The molecule has 0 bridgehead atoms. The van der Waals surface area contributed by atoms with Gasteiger partial charge in [-0.15, -0.1) is 0 Å². The van der Waals surface area contributed by atoms with Crippen molar-refractivity contribution < 1.29 is 4.79 Å². The van der Waals surface area contributed by atoms with E-state index in [1.807, 2.05) is 17.2 Å². The molecule has 0 unspecified atom stereocenters. The number of nitrogens with zero attached hydrogens (tertiary/aromatic N) is 6. The van der Waals surface area contributed by atoms with E-state index < -0.39 is 5.54 Å². The predicted molar refractivity (Wildman–Crippen MR) is 99.5 cm³/mol. The van der Waals surface area contributed by atoms with Crippen LogP contribution in [0.2, 0.25) is 0 Å². The Kier molecular flexibility index (Phi) is 3.50. The first-order valence-corrected chi connectivity index (χ1v) is 9.23. The first kappa shape index (κ1) is 16.5. The fourth-order valence-electron chi connectivity index (χ4n) is 4.01. The maximum Gasteiger partial charge on any atom is 0.225 e. The van der Waals surface area contributed by atoms with Crippen LogP contribution in [-0.4, -0.2) is 43.6 Å². The van der Waals surface area contributed by atoms with Gasteiger partial charge in [-0.3, -0.25) is 9.48 Å². The number of nitriles is 2. The third-order valence-corrected chi connectivity index (χ3v) is 5.68. The first-order valence-electron chi connectivity index (χ1n) is 9.23. The summed E-state index contributed by atoms with van der Waals surface area (Å²) in [5.74, 6) is 0.362. The molecule has 1 amide bonds. The minimum Gasteiger partial charge on any atom is -0.346 e. The molecule has 4 heterocycles. The highest BCUT2D eigenvalue weighted by molar-refractivity contribution is 5.95. The van der Waals surface area contributed by atoms with Gasteiger partial charge in [0.05, 0.1) is 24.3 Å². The minimum absolute atomic E-state index is 0.171. The lowest BCUT2D eigenvalue weighted by molar-refractivity contribution is -0.144. The number of hydrogen-bond donors (Lipinski definition) is 1.